The Labute approximate surface area is 92.4 Å². The van der Waals surface area contributed by atoms with E-state index in [1.165, 1.54) is 11.3 Å². The van der Waals surface area contributed by atoms with Crippen LogP contribution in [0.3, 0.4) is 0 Å². The molecular formula is C12H11NOS. The maximum absolute atomic E-state index is 11.9. The van der Waals surface area contributed by atoms with Crippen molar-refractivity contribution < 1.29 is 4.79 Å². The number of hydrogen-bond acceptors (Lipinski definition) is 3. The van der Waals surface area contributed by atoms with Gasteiger partial charge in [-0.1, -0.05) is 36.4 Å². The second-order valence-corrected chi connectivity index (χ2v) is 4.18. The molecular weight excluding hydrogens is 206 g/mol. The van der Waals surface area contributed by atoms with E-state index in [0.29, 0.717) is 4.88 Å². The van der Waals surface area contributed by atoms with E-state index in [0.717, 1.165) is 5.56 Å². The predicted octanol–water partition coefficient (Wildman–Crippen LogP) is 2.63. The van der Waals surface area contributed by atoms with Crippen molar-refractivity contribution in [3.8, 4) is 0 Å². The number of nitrogens with two attached hydrogens (primary N) is 1. The van der Waals surface area contributed by atoms with E-state index in [-0.39, 0.29) is 5.78 Å². The van der Waals surface area contributed by atoms with E-state index >= 15 is 0 Å². The van der Waals surface area contributed by atoms with Crippen molar-refractivity contribution >= 4 is 17.1 Å². The Morgan fingerprint density at radius 3 is 2.47 bits per heavy atom. The van der Waals surface area contributed by atoms with Crippen LogP contribution in [0.1, 0.15) is 21.3 Å². The summed E-state index contributed by atoms with van der Waals surface area (Å²) >= 11 is 1.42. The van der Waals surface area contributed by atoms with Crippen LogP contribution in [0.2, 0.25) is 0 Å². The molecule has 0 saturated heterocycles. The fourth-order valence-electron chi connectivity index (χ4n) is 1.38. The van der Waals surface area contributed by atoms with Crippen LogP contribution < -0.4 is 5.73 Å². The number of Topliss-reactive ketones (excluding diaryl/α,β-unsaturated/α-hetero) is 1. The van der Waals surface area contributed by atoms with Crippen LogP contribution in [-0.4, -0.2) is 5.78 Å². The molecule has 0 fully saturated rings. The SMILES string of the molecule is NC(C(=O)c1cccs1)c1ccccc1. The molecule has 15 heavy (non-hydrogen) atoms. The van der Waals surface area contributed by atoms with Gasteiger partial charge in [0, 0.05) is 0 Å². The third-order valence-corrected chi connectivity index (χ3v) is 3.09. The Balaban J connectivity index is 2.23. The molecule has 0 saturated carbocycles. The largest absolute Gasteiger partial charge is 0.317 e. The number of benzene rings is 1. The monoisotopic (exact) mass is 217 g/mol. The fraction of sp³-hybridized carbons (Fsp3) is 0.0833. The first-order valence-corrected chi connectivity index (χ1v) is 5.55. The van der Waals surface area contributed by atoms with Crippen LogP contribution in [0, 0.1) is 0 Å². The molecule has 1 atom stereocenters. The highest BCUT2D eigenvalue weighted by atomic mass is 32.1. The van der Waals surface area contributed by atoms with Crippen molar-refractivity contribution in [2.24, 2.45) is 5.73 Å². The molecule has 2 nitrogen and oxygen atoms in total. The van der Waals surface area contributed by atoms with Gasteiger partial charge in [-0.05, 0) is 17.0 Å². The number of rotatable bonds is 3. The molecule has 0 spiro atoms. The summed E-state index contributed by atoms with van der Waals surface area (Å²) < 4.78 is 0. The smallest absolute Gasteiger partial charge is 0.193 e. The molecule has 76 valence electrons. The maximum Gasteiger partial charge on any atom is 0.193 e. The van der Waals surface area contributed by atoms with Gasteiger partial charge in [-0.3, -0.25) is 4.79 Å². The Morgan fingerprint density at radius 2 is 1.87 bits per heavy atom. The molecule has 0 radical (unpaired) electrons. The number of hydrogen-bond donors (Lipinski definition) is 1. The molecule has 2 N–H and O–H groups in total. The van der Waals surface area contributed by atoms with E-state index in [2.05, 4.69) is 0 Å². The third kappa shape index (κ3) is 2.14. The zero-order valence-electron chi connectivity index (χ0n) is 8.09. The highest BCUT2D eigenvalue weighted by Crippen LogP contribution is 2.18. The zero-order valence-corrected chi connectivity index (χ0v) is 8.91. The molecule has 0 aliphatic heterocycles. The van der Waals surface area contributed by atoms with Crippen LogP contribution in [0.25, 0.3) is 0 Å². The standard InChI is InChI=1S/C12H11NOS/c13-11(9-5-2-1-3-6-9)12(14)10-7-4-8-15-10/h1-8,11H,13H2. The Kier molecular flexibility index (Phi) is 2.94. The molecule has 1 aromatic carbocycles. The average molecular weight is 217 g/mol. The molecule has 0 amide bonds. The summed E-state index contributed by atoms with van der Waals surface area (Å²) in [4.78, 5) is 12.6. The second kappa shape index (κ2) is 4.38. The van der Waals surface area contributed by atoms with Gasteiger partial charge in [-0.15, -0.1) is 11.3 Å². The lowest BCUT2D eigenvalue weighted by atomic mass is 10.0. The molecule has 0 bridgehead atoms. The topological polar surface area (TPSA) is 43.1 Å². The minimum Gasteiger partial charge on any atom is -0.317 e. The average Bonchev–Trinajstić information content (AvgIpc) is 2.82. The molecule has 0 aliphatic rings. The minimum atomic E-state index is -0.551. The molecule has 1 unspecified atom stereocenters. The Hall–Kier alpha value is -1.45. The van der Waals surface area contributed by atoms with Crippen molar-refractivity contribution in [2.75, 3.05) is 0 Å². The van der Waals surface area contributed by atoms with Crippen molar-refractivity contribution in [3.63, 3.8) is 0 Å². The van der Waals surface area contributed by atoms with E-state index in [4.69, 9.17) is 5.73 Å². The van der Waals surface area contributed by atoms with E-state index in [1.807, 2.05) is 41.8 Å². The van der Waals surface area contributed by atoms with Gasteiger partial charge >= 0.3 is 0 Å². The Morgan fingerprint density at radius 1 is 1.13 bits per heavy atom. The first-order chi connectivity index (χ1) is 7.29. The molecule has 0 aliphatic carbocycles. The van der Waals surface area contributed by atoms with E-state index in [1.54, 1.807) is 6.07 Å². The van der Waals surface area contributed by atoms with Crippen molar-refractivity contribution in [3.05, 3.63) is 58.3 Å². The number of carbonyl (C=O) groups is 1. The maximum atomic E-state index is 11.9. The molecule has 2 aromatic rings. The third-order valence-electron chi connectivity index (χ3n) is 2.21. The Bertz CT molecular complexity index is 436. The molecule has 3 heteroatoms. The summed E-state index contributed by atoms with van der Waals surface area (Å²) in [6, 6.07) is 12.5. The lowest BCUT2D eigenvalue weighted by Crippen LogP contribution is -2.20. The number of carbonyl (C=O) groups excluding carboxylic acids is 1. The summed E-state index contributed by atoms with van der Waals surface area (Å²) in [5.41, 5.74) is 6.74. The van der Waals surface area contributed by atoms with Gasteiger partial charge in [0.15, 0.2) is 5.78 Å². The van der Waals surface area contributed by atoms with Gasteiger partial charge in [-0.25, -0.2) is 0 Å². The summed E-state index contributed by atoms with van der Waals surface area (Å²) in [5.74, 6) is -0.0174. The molecule has 1 aromatic heterocycles. The van der Waals surface area contributed by atoms with Crippen molar-refractivity contribution in [2.45, 2.75) is 6.04 Å². The normalized spacial score (nSPS) is 12.3. The lowest BCUT2D eigenvalue weighted by Gasteiger charge is -2.08. The first-order valence-electron chi connectivity index (χ1n) is 4.67. The highest BCUT2D eigenvalue weighted by Gasteiger charge is 2.17. The van der Waals surface area contributed by atoms with Gasteiger partial charge < -0.3 is 5.73 Å². The zero-order chi connectivity index (χ0) is 10.7. The fourth-order valence-corrected chi connectivity index (χ4v) is 2.09. The first kappa shape index (κ1) is 10.1. The summed E-state index contributed by atoms with van der Waals surface area (Å²) in [6.07, 6.45) is 0. The van der Waals surface area contributed by atoms with Gasteiger partial charge in [0.1, 0.15) is 0 Å². The highest BCUT2D eigenvalue weighted by molar-refractivity contribution is 7.12. The minimum absolute atomic E-state index is 0.0174. The molecule has 2 rings (SSSR count). The van der Waals surface area contributed by atoms with Gasteiger partial charge in [-0.2, -0.15) is 0 Å². The van der Waals surface area contributed by atoms with E-state index in [9.17, 15) is 4.79 Å². The van der Waals surface area contributed by atoms with Crippen molar-refractivity contribution in [1.82, 2.24) is 0 Å². The summed E-state index contributed by atoms with van der Waals surface area (Å²) in [6.45, 7) is 0. The van der Waals surface area contributed by atoms with Crippen LogP contribution in [-0.2, 0) is 0 Å². The van der Waals surface area contributed by atoms with E-state index < -0.39 is 6.04 Å². The van der Waals surface area contributed by atoms with Crippen LogP contribution in [0.5, 0.6) is 0 Å². The van der Waals surface area contributed by atoms with Gasteiger partial charge in [0.25, 0.3) is 0 Å². The number of thiophene rings is 1. The predicted molar refractivity (Wildman–Crippen MR) is 62.0 cm³/mol. The summed E-state index contributed by atoms with van der Waals surface area (Å²) in [7, 11) is 0. The van der Waals surface area contributed by atoms with Crippen LogP contribution in [0.15, 0.2) is 47.8 Å². The van der Waals surface area contributed by atoms with Crippen LogP contribution in [0.4, 0.5) is 0 Å². The van der Waals surface area contributed by atoms with Crippen LogP contribution >= 0.6 is 11.3 Å². The summed E-state index contributed by atoms with van der Waals surface area (Å²) in [5, 5.41) is 1.88. The second-order valence-electron chi connectivity index (χ2n) is 3.23. The number of ketones is 1. The molecule has 1 heterocycles. The van der Waals surface area contributed by atoms with Gasteiger partial charge in [0.2, 0.25) is 0 Å². The lowest BCUT2D eigenvalue weighted by molar-refractivity contribution is 0.0965. The van der Waals surface area contributed by atoms with Crippen molar-refractivity contribution in [1.29, 1.82) is 0 Å². The quantitative estimate of drug-likeness (QED) is 0.803. The van der Waals surface area contributed by atoms with Gasteiger partial charge in [0.05, 0.1) is 10.9 Å².